The molecule has 0 spiro atoms. The maximum Gasteiger partial charge on any atom is 0.376 e. The van der Waals surface area contributed by atoms with Crippen LogP contribution < -0.4 is 10.1 Å². The van der Waals surface area contributed by atoms with Crippen molar-refractivity contribution in [3.05, 3.63) is 30.3 Å². The van der Waals surface area contributed by atoms with Crippen LogP contribution in [0.5, 0.6) is 5.75 Å². The van der Waals surface area contributed by atoms with Gasteiger partial charge < -0.3 is 19.7 Å². The Hall–Kier alpha value is -2.94. The molecular formula is C19H23N3O6. The quantitative estimate of drug-likeness (QED) is 0.426. The Kier molecular flexibility index (Phi) is 6.25. The van der Waals surface area contributed by atoms with Crippen molar-refractivity contribution < 1.29 is 28.7 Å². The molecule has 3 rings (SSSR count). The Morgan fingerprint density at radius 1 is 1.07 bits per heavy atom. The molecule has 2 heterocycles. The number of piperazine rings is 1. The van der Waals surface area contributed by atoms with Crippen molar-refractivity contribution in [3.8, 4) is 5.75 Å². The van der Waals surface area contributed by atoms with Gasteiger partial charge in [0.05, 0.1) is 0 Å². The lowest BCUT2D eigenvalue weighted by molar-refractivity contribution is -0.178. The number of carbonyl (C=O) groups is 4. The van der Waals surface area contributed by atoms with Crippen LogP contribution in [0.1, 0.15) is 19.8 Å². The zero-order chi connectivity index (χ0) is 20.1. The molecule has 0 aromatic heterocycles. The molecule has 1 aromatic rings. The summed E-state index contributed by atoms with van der Waals surface area (Å²) >= 11 is 0. The summed E-state index contributed by atoms with van der Waals surface area (Å²) in [5.41, 5.74) is 0. The summed E-state index contributed by atoms with van der Waals surface area (Å²) in [7, 11) is 0. The standard InChI is InChI=1S/C19H23N3O6/c1-13(23)27-19(26)18(28-15-5-3-2-4-6-15)22-12-11-21(16(24)17(22)25)14-7-9-20-10-8-14/h2-6,14,18,20H,7-12H2,1H3. The Labute approximate surface area is 162 Å². The molecule has 0 bridgehead atoms. The van der Waals surface area contributed by atoms with Crippen LogP contribution in [0.15, 0.2) is 30.3 Å². The fourth-order valence-corrected chi connectivity index (χ4v) is 3.41. The van der Waals surface area contributed by atoms with Crippen molar-refractivity contribution >= 4 is 23.8 Å². The van der Waals surface area contributed by atoms with Gasteiger partial charge in [-0.05, 0) is 38.1 Å². The van der Waals surface area contributed by atoms with E-state index in [1.165, 1.54) is 0 Å². The predicted octanol–water partition coefficient (Wildman–Crippen LogP) is -0.0960. The van der Waals surface area contributed by atoms with E-state index in [0.29, 0.717) is 5.75 Å². The summed E-state index contributed by atoms with van der Waals surface area (Å²) in [4.78, 5) is 51.6. The van der Waals surface area contributed by atoms with Gasteiger partial charge in [-0.2, -0.15) is 0 Å². The number of piperidine rings is 1. The van der Waals surface area contributed by atoms with Crippen LogP contribution >= 0.6 is 0 Å². The first-order chi connectivity index (χ1) is 13.5. The number of rotatable bonds is 5. The number of esters is 2. The second-order valence-corrected chi connectivity index (χ2v) is 6.67. The summed E-state index contributed by atoms with van der Waals surface area (Å²) in [5, 5.41) is 3.22. The summed E-state index contributed by atoms with van der Waals surface area (Å²) in [5.74, 6) is -3.05. The van der Waals surface area contributed by atoms with Gasteiger partial charge in [0.1, 0.15) is 5.75 Å². The molecule has 28 heavy (non-hydrogen) atoms. The van der Waals surface area contributed by atoms with E-state index in [9.17, 15) is 19.2 Å². The lowest BCUT2D eigenvalue weighted by Crippen LogP contribution is -2.63. The van der Waals surface area contributed by atoms with Crippen molar-refractivity contribution in [3.63, 3.8) is 0 Å². The van der Waals surface area contributed by atoms with Gasteiger partial charge in [0.15, 0.2) is 0 Å². The third-order valence-corrected chi connectivity index (χ3v) is 4.76. The van der Waals surface area contributed by atoms with Crippen LogP contribution in [0, 0.1) is 0 Å². The number of amides is 2. The zero-order valence-corrected chi connectivity index (χ0v) is 15.6. The van der Waals surface area contributed by atoms with E-state index < -0.39 is 30.0 Å². The van der Waals surface area contributed by atoms with Crippen molar-refractivity contribution in [2.24, 2.45) is 0 Å². The van der Waals surface area contributed by atoms with Crippen LogP contribution in [0.3, 0.4) is 0 Å². The number of nitrogens with one attached hydrogen (secondary N) is 1. The average Bonchev–Trinajstić information content (AvgIpc) is 2.69. The Bertz CT molecular complexity index is 747. The molecule has 1 aromatic carbocycles. The number of ether oxygens (including phenoxy) is 2. The number of hydrogen-bond donors (Lipinski definition) is 1. The molecule has 0 saturated carbocycles. The third-order valence-electron chi connectivity index (χ3n) is 4.76. The van der Waals surface area contributed by atoms with Gasteiger partial charge in [-0.1, -0.05) is 18.2 Å². The van der Waals surface area contributed by atoms with Crippen LogP contribution in [0.25, 0.3) is 0 Å². The van der Waals surface area contributed by atoms with Gasteiger partial charge >= 0.3 is 23.8 Å². The van der Waals surface area contributed by atoms with Gasteiger partial charge in [0, 0.05) is 26.1 Å². The molecule has 0 radical (unpaired) electrons. The average molecular weight is 389 g/mol. The molecule has 9 nitrogen and oxygen atoms in total. The van der Waals surface area contributed by atoms with Gasteiger partial charge in [-0.25, -0.2) is 4.79 Å². The first-order valence-electron chi connectivity index (χ1n) is 9.23. The number of benzene rings is 1. The minimum absolute atomic E-state index is 0.00230. The molecule has 2 fully saturated rings. The van der Waals surface area contributed by atoms with Crippen molar-refractivity contribution in [1.29, 1.82) is 0 Å². The predicted molar refractivity (Wildman–Crippen MR) is 96.9 cm³/mol. The lowest BCUT2D eigenvalue weighted by Gasteiger charge is -2.41. The Balaban J connectivity index is 1.77. The normalized spacial score (nSPS) is 19.3. The van der Waals surface area contributed by atoms with E-state index >= 15 is 0 Å². The highest BCUT2D eigenvalue weighted by molar-refractivity contribution is 6.35. The first-order valence-corrected chi connectivity index (χ1v) is 9.23. The fraction of sp³-hybridized carbons (Fsp3) is 0.474. The second-order valence-electron chi connectivity index (χ2n) is 6.67. The fourth-order valence-electron chi connectivity index (χ4n) is 3.41. The number of nitrogens with zero attached hydrogens (tertiary/aromatic N) is 2. The summed E-state index contributed by atoms with van der Waals surface area (Å²) in [6, 6.07) is 8.37. The molecule has 9 heteroatoms. The SMILES string of the molecule is CC(=O)OC(=O)C(Oc1ccccc1)N1CCN(C2CCNCC2)C(=O)C1=O. The highest BCUT2D eigenvalue weighted by Crippen LogP contribution is 2.20. The maximum absolute atomic E-state index is 12.7. The first kappa shape index (κ1) is 19.8. The summed E-state index contributed by atoms with van der Waals surface area (Å²) < 4.78 is 10.2. The lowest BCUT2D eigenvalue weighted by atomic mass is 10.0. The molecule has 0 aliphatic carbocycles. The second kappa shape index (κ2) is 8.83. The molecule has 1 atom stereocenters. The molecule has 1 N–H and O–H groups in total. The Morgan fingerprint density at radius 3 is 2.39 bits per heavy atom. The van der Waals surface area contributed by atoms with Gasteiger partial charge in [0.25, 0.3) is 6.23 Å². The van der Waals surface area contributed by atoms with Gasteiger partial charge in [-0.15, -0.1) is 0 Å². The minimum Gasteiger partial charge on any atom is -0.459 e. The van der Waals surface area contributed by atoms with E-state index in [2.05, 4.69) is 10.1 Å². The molecular weight excluding hydrogens is 366 g/mol. The highest BCUT2D eigenvalue weighted by Gasteiger charge is 2.43. The molecule has 2 aliphatic heterocycles. The summed E-state index contributed by atoms with van der Waals surface area (Å²) in [6.07, 6.45) is 0.0305. The van der Waals surface area contributed by atoms with E-state index in [1.807, 2.05) is 0 Å². The van der Waals surface area contributed by atoms with E-state index in [4.69, 9.17) is 4.74 Å². The van der Waals surface area contributed by atoms with Crippen LogP contribution in [0.4, 0.5) is 0 Å². The molecule has 150 valence electrons. The minimum atomic E-state index is -1.52. The van der Waals surface area contributed by atoms with Crippen molar-refractivity contribution in [2.45, 2.75) is 32.0 Å². The molecule has 2 aliphatic rings. The van der Waals surface area contributed by atoms with Crippen molar-refractivity contribution in [2.75, 3.05) is 26.2 Å². The molecule has 2 saturated heterocycles. The largest absolute Gasteiger partial charge is 0.459 e. The maximum atomic E-state index is 12.7. The van der Waals surface area contributed by atoms with Crippen molar-refractivity contribution in [1.82, 2.24) is 15.1 Å². The Morgan fingerprint density at radius 2 is 1.75 bits per heavy atom. The van der Waals surface area contributed by atoms with Crippen LogP contribution in [-0.4, -0.2) is 72.0 Å². The van der Waals surface area contributed by atoms with Gasteiger partial charge in [0.2, 0.25) is 0 Å². The molecule has 2 amide bonds. The number of carbonyl (C=O) groups excluding carboxylic acids is 4. The van der Waals surface area contributed by atoms with Gasteiger partial charge in [-0.3, -0.25) is 19.3 Å². The topological polar surface area (TPSA) is 105 Å². The van der Waals surface area contributed by atoms with Crippen LogP contribution in [0.2, 0.25) is 0 Å². The summed E-state index contributed by atoms with van der Waals surface area (Å²) in [6.45, 7) is 3.06. The third kappa shape index (κ3) is 4.48. The molecule has 1 unspecified atom stereocenters. The zero-order valence-electron chi connectivity index (χ0n) is 15.6. The van der Waals surface area contributed by atoms with E-state index in [0.717, 1.165) is 37.8 Å². The number of para-hydroxylation sites is 1. The smallest absolute Gasteiger partial charge is 0.376 e. The monoisotopic (exact) mass is 389 g/mol. The highest BCUT2D eigenvalue weighted by atomic mass is 16.6. The van der Waals surface area contributed by atoms with E-state index in [-0.39, 0.29) is 19.1 Å². The van der Waals surface area contributed by atoms with E-state index in [1.54, 1.807) is 35.2 Å². The van der Waals surface area contributed by atoms with Crippen LogP contribution in [-0.2, 0) is 23.9 Å². The number of hydrogen-bond acceptors (Lipinski definition) is 7.